The van der Waals surface area contributed by atoms with E-state index in [4.69, 9.17) is 39.5 Å². The van der Waals surface area contributed by atoms with Crippen LogP contribution in [0.15, 0.2) is 12.1 Å². The van der Waals surface area contributed by atoms with E-state index in [1.54, 1.807) is 6.92 Å². The standard InChI is InChI=1S/C13H12Cl3NO3/c1-7(13(19)17-4-2-3-11(17)18)20-12-9(15)5-8(14)6-10(12)16/h5-7H,2-4H2,1H3/t7-/m0/s1. The third-order valence-corrected chi connectivity index (χ3v) is 3.72. The normalized spacial score (nSPS) is 16.4. The van der Waals surface area contributed by atoms with E-state index in [2.05, 4.69) is 0 Å². The number of nitrogens with zero attached hydrogens (tertiary/aromatic N) is 1. The van der Waals surface area contributed by atoms with Crippen LogP contribution in [0.5, 0.6) is 5.75 Å². The summed E-state index contributed by atoms with van der Waals surface area (Å²) in [6.07, 6.45) is 0.217. The molecule has 1 aliphatic rings. The van der Waals surface area contributed by atoms with Gasteiger partial charge < -0.3 is 4.74 Å². The van der Waals surface area contributed by atoms with E-state index in [0.717, 1.165) is 0 Å². The number of rotatable bonds is 3. The highest BCUT2D eigenvalue weighted by atomic mass is 35.5. The van der Waals surface area contributed by atoms with E-state index in [-0.39, 0.29) is 21.7 Å². The second-order valence-corrected chi connectivity index (χ2v) is 5.70. The van der Waals surface area contributed by atoms with Crippen molar-refractivity contribution < 1.29 is 14.3 Å². The first-order valence-electron chi connectivity index (χ1n) is 6.05. The summed E-state index contributed by atoms with van der Waals surface area (Å²) in [6, 6.07) is 2.95. The van der Waals surface area contributed by atoms with Gasteiger partial charge in [-0.2, -0.15) is 0 Å². The maximum atomic E-state index is 12.1. The number of benzene rings is 1. The average Bonchev–Trinajstić information content (AvgIpc) is 2.78. The number of hydrogen-bond donors (Lipinski definition) is 0. The van der Waals surface area contributed by atoms with Crippen LogP contribution in [0.1, 0.15) is 19.8 Å². The van der Waals surface area contributed by atoms with Gasteiger partial charge in [0.1, 0.15) is 0 Å². The predicted molar refractivity (Wildman–Crippen MR) is 77.5 cm³/mol. The Morgan fingerprint density at radius 3 is 2.40 bits per heavy atom. The number of carbonyl (C=O) groups excluding carboxylic acids is 2. The molecule has 0 aromatic heterocycles. The summed E-state index contributed by atoms with van der Waals surface area (Å²) >= 11 is 17.8. The van der Waals surface area contributed by atoms with Gasteiger partial charge in [-0.05, 0) is 25.5 Å². The van der Waals surface area contributed by atoms with E-state index in [9.17, 15) is 9.59 Å². The van der Waals surface area contributed by atoms with E-state index in [1.807, 2.05) is 0 Å². The number of hydrogen-bond acceptors (Lipinski definition) is 3. The van der Waals surface area contributed by atoms with Crippen LogP contribution in [0.4, 0.5) is 0 Å². The predicted octanol–water partition coefficient (Wildman–Crippen LogP) is 3.56. The fourth-order valence-corrected chi connectivity index (χ4v) is 2.88. The first-order chi connectivity index (χ1) is 9.40. The molecule has 0 spiro atoms. The molecule has 0 aliphatic carbocycles. The maximum absolute atomic E-state index is 12.1. The third kappa shape index (κ3) is 3.19. The van der Waals surface area contributed by atoms with Gasteiger partial charge in [0.25, 0.3) is 5.91 Å². The summed E-state index contributed by atoms with van der Waals surface area (Å²) in [6.45, 7) is 1.97. The van der Waals surface area contributed by atoms with Crippen molar-refractivity contribution in [3.63, 3.8) is 0 Å². The summed E-state index contributed by atoms with van der Waals surface area (Å²) in [7, 11) is 0. The number of carbonyl (C=O) groups is 2. The molecule has 1 saturated heterocycles. The second kappa shape index (κ2) is 6.20. The highest BCUT2D eigenvalue weighted by molar-refractivity contribution is 6.40. The van der Waals surface area contributed by atoms with Crippen molar-refractivity contribution in [3.8, 4) is 5.75 Å². The Balaban J connectivity index is 2.14. The topological polar surface area (TPSA) is 46.6 Å². The molecule has 2 rings (SSSR count). The minimum Gasteiger partial charge on any atom is -0.478 e. The lowest BCUT2D eigenvalue weighted by molar-refractivity contribution is -0.146. The number of amides is 2. The van der Waals surface area contributed by atoms with Crippen molar-refractivity contribution in [1.82, 2.24) is 4.90 Å². The van der Waals surface area contributed by atoms with E-state index >= 15 is 0 Å². The molecule has 0 N–H and O–H groups in total. The molecule has 0 unspecified atom stereocenters. The van der Waals surface area contributed by atoms with Crippen LogP contribution in [0, 0.1) is 0 Å². The van der Waals surface area contributed by atoms with Crippen LogP contribution in [-0.4, -0.2) is 29.4 Å². The molecular formula is C13H12Cl3NO3. The second-order valence-electron chi connectivity index (χ2n) is 4.45. The number of ether oxygens (including phenoxy) is 1. The molecule has 4 nitrogen and oxygen atoms in total. The number of halogens is 3. The Kier molecular flexibility index (Phi) is 4.78. The van der Waals surface area contributed by atoms with Crippen LogP contribution in [-0.2, 0) is 9.59 Å². The molecule has 7 heteroatoms. The molecule has 1 aliphatic heterocycles. The van der Waals surface area contributed by atoms with Crippen molar-refractivity contribution >= 4 is 46.6 Å². The highest BCUT2D eigenvalue weighted by Gasteiger charge is 2.31. The average molecular weight is 337 g/mol. The Morgan fingerprint density at radius 2 is 1.90 bits per heavy atom. The molecule has 0 saturated carbocycles. The Morgan fingerprint density at radius 1 is 1.30 bits per heavy atom. The van der Waals surface area contributed by atoms with Gasteiger partial charge in [0, 0.05) is 18.0 Å². The monoisotopic (exact) mass is 335 g/mol. The van der Waals surface area contributed by atoms with Crippen LogP contribution < -0.4 is 4.74 Å². The SMILES string of the molecule is C[C@H](Oc1c(Cl)cc(Cl)cc1Cl)C(=O)N1CCCC1=O. The summed E-state index contributed by atoms with van der Waals surface area (Å²) in [5.41, 5.74) is 0. The summed E-state index contributed by atoms with van der Waals surface area (Å²) in [5, 5.41) is 0.811. The minimum absolute atomic E-state index is 0.182. The zero-order valence-electron chi connectivity index (χ0n) is 10.7. The fourth-order valence-electron chi connectivity index (χ4n) is 1.97. The number of likely N-dealkylation sites (tertiary alicyclic amines) is 1. The minimum atomic E-state index is -0.853. The van der Waals surface area contributed by atoms with E-state index < -0.39 is 12.0 Å². The summed E-state index contributed by atoms with van der Waals surface area (Å²) in [5.74, 6) is -0.390. The largest absolute Gasteiger partial charge is 0.478 e. The third-order valence-electron chi connectivity index (χ3n) is 2.94. The van der Waals surface area contributed by atoms with Crippen LogP contribution >= 0.6 is 34.8 Å². The van der Waals surface area contributed by atoms with Crippen molar-refractivity contribution in [2.45, 2.75) is 25.9 Å². The molecule has 0 radical (unpaired) electrons. The first kappa shape index (κ1) is 15.4. The first-order valence-corrected chi connectivity index (χ1v) is 7.19. The van der Waals surface area contributed by atoms with Gasteiger partial charge in [0.15, 0.2) is 11.9 Å². The van der Waals surface area contributed by atoms with E-state index in [0.29, 0.717) is 24.4 Å². The molecule has 1 atom stereocenters. The van der Waals surface area contributed by atoms with Crippen molar-refractivity contribution in [1.29, 1.82) is 0 Å². The zero-order chi connectivity index (χ0) is 14.9. The van der Waals surface area contributed by atoms with Gasteiger partial charge >= 0.3 is 0 Å². The molecule has 0 bridgehead atoms. The molecule has 1 aromatic carbocycles. The maximum Gasteiger partial charge on any atom is 0.269 e. The fraction of sp³-hybridized carbons (Fsp3) is 0.385. The summed E-state index contributed by atoms with van der Waals surface area (Å²) < 4.78 is 5.49. The Bertz CT molecular complexity index is 539. The quantitative estimate of drug-likeness (QED) is 0.848. The molecular weight excluding hydrogens is 325 g/mol. The highest BCUT2D eigenvalue weighted by Crippen LogP contribution is 2.36. The van der Waals surface area contributed by atoms with E-state index in [1.165, 1.54) is 17.0 Å². The molecule has 2 amide bonds. The van der Waals surface area contributed by atoms with Gasteiger partial charge in [-0.3, -0.25) is 14.5 Å². The molecule has 1 fully saturated rings. The van der Waals surface area contributed by atoms with Crippen LogP contribution in [0.2, 0.25) is 15.1 Å². The molecule has 108 valence electrons. The van der Waals surface area contributed by atoms with Crippen molar-refractivity contribution in [2.24, 2.45) is 0 Å². The van der Waals surface area contributed by atoms with Gasteiger partial charge in [-0.25, -0.2) is 0 Å². The Labute approximate surface area is 131 Å². The molecule has 1 heterocycles. The lowest BCUT2D eigenvalue weighted by atomic mass is 10.3. The van der Waals surface area contributed by atoms with Crippen LogP contribution in [0.25, 0.3) is 0 Å². The molecule has 1 aromatic rings. The smallest absolute Gasteiger partial charge is 0.269 e. The zero-order valence-corrected chi connectivity index (χ0v) is 12.9. The number of imide groups is 1. The van der Waals surface area contributed by atoms with Gasteiger partial charge in [-0.15, -0.1) is 0 Å². The van der Waals surface area contributed by atoms with Crippen LogP contribution in [0.3, 0.4) is 0 Å². The Hall–Kier alpha value is -0.970. The van der Waals surface area contributed by atoms with Gasteiger partial charge in [-0.1, -0.05) is 34.8 Å². The van der Waals surface area contributed by atoms with Crippen molar-refractivity contribution in [3.05, 3.63) is 27.2 Å². The lowest BCUT2D eigenvalue weighted by Crippen LogP contribution is -2.41. The summed E-state index contributed by atoms with van der Waals surface area (Å²) in [4.78, 5) is 24.8. The molecule has 20 heavy (non-hydrogen) atoms. The van der Waals surface area contributed by atoms with Crippen molar-refractivity contribution in [2.75, 3.05) is 6.54 Å². The lowest BCUT2D eigenvalue weighted by Gasteiger charge is -2.21. The van der Waals surface area contributed by atoms with Gasteiger partial charge in [0.2, 0.25) is 5.91 Å². The van der Waals surface area contributed by atoms with Gasteiger partial charge in [0.05, 0.1) is 10.0 Å².